The number of hydrogen-bond donors (Lipinski definition) is 1. The third-order valence-corrected chi connectivity index (χ3v) is 6.71. The van der Waals surface area contributed by atoms with Gasteiger partial charge in [-0.15, -0.1) is 0 Å². The molecule has 5 rings (SSSR count). The smallest absolute Gasteiger partial charge is 0.258 e. The van der Waals surface area contributed by atoms with Gasteiger partial charge in [0.2, 0.25) is 0 Å². The van der Waals surface area contributed by atoms with Crippen LogP contribution < -0.4 is 10.1 Å². The first-order valence-corrected chi connectivity index (χ1v) is 12.2. The Bertz CT molecular complexity index is 1080. The van der Waals surface area contributed by atoms with E-state index in [4.69, 9.17) is 9.47 Å². The van der Waals surface area contributed by atoms with Crippen molar-refractivity contribution in [3.8, 4) is 5.75 Å². The number of rotatable bonds is 8. The standard InChI is InChI=1S/C29H32N2O3/c32-28(30-19-26-12-7-17-33-26)21-34-25-14-13-23-15-16-31(20-22-8-3-1-4-9-22)29(27(23)18-25)24-10-5-2-6-11-24/h1-6,8-11,13-14,18,26,29H,7,12,15-17,19-21H2,(H,30,32)/t26-,29-/m1/s1. The Kier molecular flexibility index (Phi) is 7.22. The Morgan fingerprint density at radius 2 is 1.82 bits per heavy atom. The number of fused-ring (bicyclic) bond motifs is 1. The van der Waals surface area contributed by atoms with E-state index in [1.165, 1.54) is 22.3 Å². The summed E-state index contributed by atoms with van der Waals surface area (Å²) in [6.45, 7) is 3.23. The van der Waals surface area contributed by atoms with Crippen LogP contribution in [-0.4, -0.2) is 43.2 Å². The van der Waals surface area contributed by atoms with E-state index in [-0.39, 0.29) is 24.7 Å². The zero-order valence-corrected chi connectivity index (χ0v) is 19.5. The summed E-state index contributed by atoms with van der Waals surface area (Å²) in [7, 11) is 0. The lowest BCUT2D eigenvalue weighted by Gasteiger charge is -2.38. The van der Waals surface area contributed by atoms with Gasteiger partial charge in [0.25, 0.3) is 5.91 Å². The van der Waals surface area contributed by atoms with E-state index < -0.39 is 0 Å². The molecule has 2 atom stereocenters. The van der Waals surface area contributed by atoms with Crippen molar-refractivity contribution in [2.75, 3.05) is 26.3 Å². The van der Waals surface area contributed by atoms with Gasteiger partial charge < -0.3 is 14.8 Å². The molecule has 0 spiro atoms. The SMILES string of the molecule is O=C(COc1ccc2c(c1)[C@@H](c1ccccc1)N(Cc1ccccc1)CC2)NC[C@H]1CCCO1. The average Bonchev–Trinajstić information content (AvgIpc) is 3.41. The zero-order valence-electron chi connectivity index (χ0n) is 19.5. The summed E-state index contributed by atoms with van der Waals surface area (Å²) < 4.78 is 11.5. The molecule has 34 heavy (non-hydrogen) atoms. The highest BCUT2D eigenvalue weighted by Gasteiger charge is 2.29. The molecule has 0 aliphatic carbocycles. The Balaban J connectivity index is 1.32. The highest BCUT2D eigenvalue weighted by atomic mass is 16.5. The predicted molar refractivity (Wildman–Crippen MR) is 133 cm³/mol. The lowest BCUT2D eigenvalue weighted by molar-refractivity contribution is -0.123. The molecule has 1 N–H and O–H groups in total. The second kappa shape index (κ2) is 10.9. The van der Waals surface area contributed by atoms with Gasteiger partial charge in [-0.1, -0.05) is 66.7 Å². The van der Waals surface area contributed by atoms with Crippen LogP contribution in [0.25, 0.3) is 0 Å². The summed E-state index contributed by atoms with van der Waals surface area (Å²) in [6, 6.07) is 27.7. The molecule has 176 valence electrons. The van der Waals surface area contributed by atoms with E-state index in [0.717, 1.165) is 44.7 Å². The minimum Gasteiger partial charge on any atom is -0.484 e. The number of nitrogens with one attached hydrogen (secondary N) is 1. The minimum absolute atomic E-state index is 0.00917. The van der Waals surface area contributed by atoms with Gasteiger partial charge in [-0.25, -0.2) is 0 Å². The molecule has 0 radical (unpaired) electrons. The van der Waals surface area contributed by atoms with Crippen LogP contribution in [0.4, 0.5) is 0 Å². The normalized spacial score (nSPS) is 20.0. The van der Waals surface area contributed by atoms with Gasteiger partial charge in [0.15, 0.2) is 6.61 Å². The largest absolute Gasteiger partial charge is 0.484 e. The Morgan fingerprint density at radius 3 is 2.59 bits per heavy atom. The molecule has 0 unspecified atom stereocenters. The molecule has 1 fully saturated rings. The van der Waals surface area contributed by atoms with Gasteiger partial charge in [-0.05, 0) is 53.6 Å². The van der Waals surface area contributed by atoms with E-state index in [1.807, 2.05) is 6.07 Å². The highest BCUT2D eigenvalue weighted by molar-refractivity contribution is 5.77. The van der Waals surface area contributed by atoms with Crippen molar-refractivity contribution in [3.05, 3.63) is 101 Å². The topological polar surface area (TPSA) is 50.8 Å². The molecule has 2 aliphatic heterocycles. The number of hydrogen-bond acceptors (Lipinski definition) is 4. The lowest BCUT2D eigenvalue weighted by atomic mass is 9.87. The Labute approximate surface area is 201 Å². The molecular weight excluding hydrogens is 424 g/mol. The van der Waals surface area contributed by atoms with Crippen molar-refractivity contribution in [2.45, 2.75) is 38.0 Å². The van der Waals surface area contributed by atoms with Gasteiger partial charge in [0.1, 0.15) is 5.75 Å². The second-order valence-electron chi connectivity index (χ2n) is 9.11. The molecule has 1 amide bonds. The van der Waals surface area contributed by atoms with Crippen molar-refractivity contribution in [1.82, 2.24) is 10.2 Å². The van der Waals surface area contributed by atoms with E-state index in [2.05, 4.69) is 83.0 Å². The fraction of sp³-hybridized carbons (Fsp3) is 0.345. The molecule has 2 heterocycles. The van der Waals surface area contributed by atoms with Crippen LogP contribution in [0.5, 0.6) is 5.75 Å². The monoisotopic (exact) mass is 456 g/mol. The fourth-order valence-corrected chi connectivity index (χ4v) is 4.98. The predicted octanol–water partition coefficient (Wildman–Crippen LogP) is 4.51. The van der Waals surface area contributed by atoms with Crippen LogP contribution >= 0.6 is 0 Å². The third kappa shape index (κ3) is 5.49. The van der Waals surface area contributed by atoms with Gasteiger partial charge in [0.05, 0.1) is 12.1 Å². The van der Waals surface area contributed by atoms with E-state index >= 15 is 0 Å². The summed E-state index contributed by atoms with van der Waals surface area (Å²) in [5.74, 6) is 0.618. The summed E-state index contributed by atoms with van der Waals surface area (Å²) in [5, 5.41) is 2.93. The number of ether oxygens (including phenoxy) is 2. The summed E-state index contributed by atoms with van der Waals surface area (Å²) in [4.78, 5) is 14.8. The minimum atomic E-state index is -0.112. The zero-order chi connectivity index (χ0) is 23.2. The maximum absolute atomic E-state index is 12.3. The van der Waals surface area contributed by atoms with Crippen molar-refractivity contribution in [3.63, 3.8) is 0 Å². The maximum atomic E-state index is 12.3. The molecular formula is C29H32N2O3. The number of carbonyl (C=O) groups excluding carboxylic acids is 1. The highest BCUT2D eigenvalue weighted by Crippen LogP contribution is 2.37. The van der Waals surface area contributed by atoms with Crippen molar-refractivity contribution in [2.24, 2.45) is 0 Å². The Hall–Kier alpha value is -3.15. The molecule has 0 saturated carbocycles. The maximum Gasteiger partial charge on any atom is 0.258 e. The van der Waals surface area contributed by atoms with E-state index in [9.17, 15) is 4.79 Å². The first-order valence-electron chi connectivity index (χ1n) is 12.2. The van der Waals surface area contributed by atoms with Crippen LogP contribution in [0.1, 0.15) is 41.1 Å². The Morgan fingerprint density at radius 1 is 1.03 bits per heavy atom. The third-order valence-electron chi connectivity index (χ3n) is 6.71. The van der Waals surface area contributed by atoms with Crippen molar-refractivity contribution in [1.29, 1.82) is 0 Å². The summed E-state index contributed by atoms with van der Waals surface area (Å²) >= 11 is 0. The van der Waals surface area contributed by atoms with Crippen molar-refractivity contribution >= 4 is 5.91 Å². The quantitative estimate of drug-likeness (QED) is 0.542. The number of benzene rings is 3. The van der Waals surface area contributed by atoms with Gasteiger partial charge in [-0.2, -0.15) is 0 Å². The molecule has 2 aliphatic rings. The van der Waals surface area contributed by atoms with Crippen LogP contribution in [0.3, 0.4) is 0 Å². The number of nitrogens with zero attached hydrogens (tertiary/aromatic N) is 1. The molecule has 1 saturated heterocycles. The first-order chi connectivity index (χ1) is 16.8. The van der Waals surface area contributed by atoms with E-state index in [0.29, 0.717) is 6.54 Å². The van der Waals surface area contributed by atoms with Crippen LogP contribution in [0, 0.1) is 0 Å². The lowest BCUT2D eigenvalue weighted by Crippen LogP contribution is -2.36. The number of carbonyl (C=O) groups is 1. The summed E-state index contributed by atoms with van der Waals surface area (Å²) in [5.41, 5.74) is 5.17. The molecule has 5 nitrogen and oxygen atoms in total. The molecule has 3 aromatic rings. The molecule has 0 bridgehead atoms. The van der Waals surface area contributed by atoms with Gasteiger partial charge >= 0.3 is 0 Å². The van der Waals surface area contributed by atoms with Crippen LogP contribution in [0.15, 0.2) is 78.9 Å². The van der Waals surface area contributed by atoms with Crippen LogP contribution in [-0.2, 0) is 22.5 Å². The molecule has 3 aromatic carbocycles. The second-order valence-corrected chi connectivity index (χ2v) is 9.11. The molecule has 5 heteroatoms. The van der Waals surface area contributed by atoms with Gasteiger partial charge in [-0.3, -0.25) is 9.69 Å². The molecule has 0 aromatic heterocycles. The first kappa shape index (κ1) is 22.6. The van der Waals surface area contributed by atoms with Gasteiger partial charge in [0, 0.05) is 26.2 Å². The average molecular weight is 457 g/mol. The van der Waals surface area contributed by atoms with Crippen molar-refractivity contribution < 1.29 is 14.3 Å². The van der Waals surface area contributed by atoms with E-state index in [1.54, 1.807) is 0 Å². The van der Waals surface area contributed by atoms with Crippen LogP contribution in [0.2, 0.25) is 0 Å². The summed E-state index contributed by atoms with van der Waals surface area (Å²) in [6.07, 6.45) is 3.20. The number of amides is 1. The fourth-order valence-electron chi connectivity index (χ4n) is 4.98.